The minimum Gasteiger partial charge on any atom is -0.361 e. The fourth-order valence-electron chi connectivity index (χ4n) is 2.72. The first-order valence-electron chi connectivity index (χ1n) is 7.85. The van der Waals surface area contributed by atoms with Gasteiger partial charge < -0.3 is 14.7 Å². The molecule has 0 atom stereocenters. The van der Waals surface area contributed by atoms with Crippen LogP contribution in [-0.2, 0) is 0 Å². The number of anilines is 3. The van der Waals surface area contributed by atoms with Crippen molar-refractivity contribution >= 4 is 17.5 Å². The smallest absolute Gasteiger partial charge is 0.151 e. The van der Waals surface area contributed by atoms with Crippen molar-refractivity contribution in [1.82, 2.24) is 20.2 Å². The molecular weight excluding hydrogens is 290 g/mol. The zero-order valence-electron chi connectivity index (χ0n) is 14.2. The molecule has 0 amide bonds. The summed E-state index contributed by atoms with van der Waals surface area (Å²) in [6.45, 7) is 7.79. The van der Waals surface area contributed by atoms with Crippen molar-refractivity contribution in [2.45, 2.75) is 13.8 Å². The van der Waals surface area contributed by atoms with Gasteiger partial charge in [0.05, 0.1) is 0 Å². The lowest BCUT2D eigenvalue weighted by Gasteiger charge is -2.36. The molecule has 0 aromatic carbocycles. The first-order chi connectivity index (χ1) is 11.1. The number of aromatic nitrogens is 4. The average Bonchev–Trinajstić information content (AvgIpc) is 2.58. The molecule has 1 fully saturated rings. The molecule has 0 radical (unpaired) electrons. The molecule has 1 aliphatic rings. The van der Waals surface area contributed by atoms with E-state index in [9.17, 15) is 0 Å². The molecule has 0 bridgehead atoms. The van der Waals surface area contributed by atoms with Gasteiger partial charge in [0.2, 0.25) is 0 Å². The Morgan fingerprint density at radius 1 is 0.913 bits per heavy atom. The van der Waals surface area contributed by atoms with E-state index in [1.54, 1.807) is 6.33 Å². The molecule has 2 aromatic heterocycles. The summed E-state index contributed by atoms with van der Waals surface area (Å²) in [7, 11) is 3.93. The minimum absolute atomic E-state index is 0.875. The van der Waals surface area contributed by atoms with Crippen LogP contribution in [0.2, 0.25) is 0 Å². The SMILES string of the molecule is Cc1ncnc(N2CCN(c3ccc(N(C)C)nn3)CC2)c1C. The Balaban J connectivity index is 1.67. The van der Waals surface area contributed by atoms with Gasteiger partial charge in [0.1, 0.15) is 12.1 Å². The lowest BCUT2D eigenvalue weighted by Crippen LogP contribution is -2.47. The normalized spacial score (nSPS) is 15.0. The van der Waals surface area contributed by atoms with Crippen LogP contribution in [0.25, 0.3) is 0 Å². The van der Waals surface area contributed by atoms with Crippen LogP contribution in [0.5, 0.6) is 0 Å². The zero-order valence-corrected chi connectivity index (χ0v) is 14.2. The summed E-state index contributed by atoms with van der Waals surface area (Å²) in [5, 5.41) is 8.60. The first kappa shape index (κ1) is 15.5. The van der Waals surface area contributed by atoms with Crippen molar-refractivity contribution in [2.75, 3.05) is 55.0 Å². The highest BCUT2D eigenvalue weighted by atomic mass is 15.3. The summed E-state index contributed by atoms with van der Waals surface area (Å²) >= 11 is 0. The third kappa shape index (κ3) is 3.18. The van der Waals surface area contributed by atoms with Crippen LogP contribution in [0.4, 0.5) is 17.5 Å². The molecule has 23 heavy (non-hydrogen) atoms. The zero-order chi connectivity index (χ0) is 16.4. The van der Waals surface area contributed by atoms with Gasteiger partial charge in [-0.3, -0.25) is 0 Å². The Bertz CT molecular complexity index is 661. The van der Waals surface area contributed by atoms with E-state index in [4.69, 9.17) is 0 Å². The van der Waals surface area contributed by atoms with Gasteiger partial charge in [0.15, 0.2) is 11.6 Å². The molecule has 0 N–H and O–H groups in total. The summed E-state index contributed by atoms with van der Waals surface area (Å²) in [6.07, 6.45) is 1.65. The standard InChI is InChI=1S/C16H23N7/c1-12-13(2)17-11-18-16(12)23-9-7-22(8-10-23)15-6-5-14(19-20-15)21(3)4/h5-6,11H,7-10H2,1-4H3. The van der Waals surface area contributed by atoms with Crippen LogP contribution < -0.4 is 14.7 Å². The average molecular weight is 313 g/mol. The van der Waals surface area contributed by atoms with E-state index in [1.807, 2.05) is 38.1 Å². The molecule has 3 heterocycles. The number of hydrogen-bond acceptors (Lipinski definition) is 7. The van der Waals surface area contributed by atoms with Crippen molar-refractivity contribution in [1.29, 1.82) is 0 Å². The van der Waals surface area contributed by atoms with Crippen LogP contribution in [0.1, 0.15) is 11.3 Å². The number of aryl methyl sites for hydroxylation is 1. The highest BCUT2D eigenvalue weighted by Gasteiger charge is 2.21. The minimum atomic E-state index is 0.875. The van der Waals surface area contributed by atoms with E-state index < -0.39 is 0 Å². The van der Waals surface area contributed by atoms with Crippen molar-refractivity contribution in [2.24, 2.45) is 0 Å². The molecule has 7 nitrogen and oxygen atoms in total. The molecule has 0 spiro atoms. The van der Waals surface area contributed by atoms with Gasteiger partial charge in [0.25, 0.3) is 0 Å². The molecule has 1 saturated heterocycles. The first-order valence-corrected chi connectivity index (χ1v) is 7.85. The van der Waals surface area contributed by atoms with Gasteiger partial charge in [-0.15, -0.1) is 10.2 Å². The summed E-state index contributed by atoms with van der Waals surface area (Å²) in [5.41, 5.74) is 2.21. The van der Waals surface area contributed by atoms with Crippen LogP contribution in [0.3, 0.4) is 0 Å². The van der Waals surface area contributed by atoms with E-state index in [2.05, 4.69) is 36.9 Å². The van der Waals surface area contributed by atoms with Crippen molar-refractivity contribution in [3.63, 3.8) is 0 Å². The van der Waals surface area contributed by atoms with Crippen molar-refractivity contribution in [3.8, 4) is 0 Å². The van der Waals surface area contributed by atoms with Gasteiger partial charge >= 0.3 is 0 Å². The Morgan fingerprint density at radius 3 is 2.22 bits per heavy atom. The Hall–Kier alpha value is -2.44. The molecule has 0 aliphatic carbocycles. The van der Waals surface area contributed by atoms with E-state index >= 15 is 0 Å². The lowest BCUT2D eigenvalue weighted by molar-refractivity contribution is 0.635. The van der Waals surface area contributed by atoms with Crippen LogP contribution in [-0.4, -0.2) is 60.4 Å². The molecular formula is C16H23N7. The van der Waals surface area contributed by atoms with E-state index in [0.717, 1.165) is 54.9 Å². The van der Waals surface area contributed by atoms with Crippen molar-refractivity contribution < 1.29 is 0 Å². The predicted molar refractivity (Wildman–Crippen MR) is 92.3 cm³/mol. The molecule has 3 rings (SSSR count). The highest BCUT2D eigenvalue weighted by Crippen LogP contribution is 2.21. The second-order valence-corrected chi connectivity index (χ2v) is 6.03. The summed E-state index contributed by atoms with van der Waals surface area (Å²) in [6, 6.07) is 4.05. The molecule has 7 heteroatoms. The van der Waals surface area contributed by atoms with Gasteiger partial charge in [-0.05, 0) is 26.0 Å². The fourth-order valence-corrected chi connectivity index (χ4v) is 2.72. The van der Waals surface area contributed by atoms with Crippen LogP contribution in [0.15, 0.2) is 18.5 Å². The van der Waals surface area contributed by atoms with Crippen LogP contribution >= 0.6 is 0 Å². The largest absolute Gasteiger partial charge is 0.361 e. The maximum Gasteiger partial charge on any atom is 0.151 e. The highest BCUT2D eigenvalue weighted by molar-refractivity contribution is 5.50. The maximum atomic E-state index is 4.45. The Morgan fingerprint density at radius 2 is 1.61 bits per heavy atom. The summed E-state index contributed by atoms with van der Waals surface area (Å²) in [4.78, 5) is 15.2. The molecule has 1 aliphatic heterocycles. The molecule has 122 valence electrons. The van der Waals surface area contributed by atoms with E-state index in [0.29, 0.717) is 0 Å². The monoisotopic (exact) mass is 313 g/mol. The maximum absolute atomic E-state index is 4.45. The van der Waals surface area contributed by atoms with Crippen molar-refractivity contribution in [3.05, 3.63) is 29.7 Å². The second-order valence-electron chi connectivity index (χ2n) is 6.03. The van der Waals surface area contributed by atoms with Gasteiger partial charge in [-0.25, -0.2) is 9.97 Å². The predicted octanol–water partition coefficient (Wildman–Crippen LogP) is 1.28. The van der Waals surface area contributed by atoms with Crippen LogP contribution in [0, 0.1) is 13.8 Å². The third-order valence-corrected chi connectivity index (χ3v) is 4.31. The Labute approximate surface area is 137 Å². The van der Waals surface area contributed by atoms with E-state index in [1.165, 1.54) is 0 Å². The second kappa shape index (κ2) is 6.36. The Kier molecular flexibility index (Phi) is 4.27. The number of piperazine rings is 1. The fraction of sp³-hybridized carbons (Fsp3) is 0.500. The van der Waals surface area contributed by atoms with E-state index in [-0.39, 0.29) is 0 Å². The lowest BCUT2D eigenvalue weighted by atomic mass is 10.2. The number of rotatable bonds is 3. The molecule has 0 saturated carbocycles. The van der Waals surface area contributed by atoms with Gasteiger partial charge in [-0.1, -0.05) is 0 Å². The third-order valence-electron chi connectivity index (χ3n) is 4.31. The number of hydrogen-bond donors (Lipinski definition) is 0. The summed E-state index contributed by atoms with van der Waals surface area (Å²) in [5.74, 6) is 2.86. The molecule has 2 aromatic rings. The summed E-state index contributed by atoms with van der Waals surface area (Å²) < 4.78 is 0. The van der Waals surface area contributed by atoms with Gasteiger partial charge in [0, 0.05) is 51.5 Å². The topological polar surface area (TPSA) is 61.3 Å². The number of nitrogens with zero attached hydrogens (tertiary/aromatic N) is 7. The van der Waals surface area contributed by atoms with Gasteiger partial charge in [-0.2, -0.15) is 0 Å². The molecule has 0 unspecified atom stereocenters. The quantitative estimate of drug-likeness (QED) is 0.846.